The number of rotatable bonds is 3. The normalized spacial score (nSPS) is 17.9. The lowest BCUT2D eigenvalue weighted by atomic mass is 10.1. The van der Waals surface area contributed by atoms with Gasteiger partial charge in [0.1, 0.15) is 5.82 Å². The molecular formula is C17H11BrFN3O3. The molecule has 1 heterocycles. The second kappa shape index (κ2) is 6.94. The number of anilines is 1. The standard InChI is InChI=1S/C17H11BrFN3O3/c18-11-5-1-3-7-13(11)20-9-10-15(23)21-17(25)22(16(10)24)14-8-4-2-6-12(14)19/h1-10H,(H,21,23,25)/t10-/m1/s1. The maximum absolute atomic E-state index is 14.0. The van der Waals surface area contributed by atoms with Crippen LogP contribution in [-0.2, 0) is 9.59 Å². The highest BCUT2D eigenvalue weighted by Gasteiger charge is 2.41. The highest BCUT2D eigenvalue weighted by Crippen LogP contribution is 2.26. The molecule has 1 atom stereocenters. The van der Waals surface area contributed by atoms with Crippen LogP contribution in [-0.4, -0.2) is 24.1 Å². The number of aliphatic imine (C=N–C) groups is 1. The number of nitrogens with zero attached hydrogens (tertiary/aromatic N) is 2. The van der Waals surface area contributed by atoms with E-state index in [0.29, 0.717) is 15.1 Å². The van der Waals surface area contributed by atoms with E-state index in [4.69, 9.17) is 0 Å². The molecule has 3 rings (SSSR count). The van der Waals surface area contributed by atoms with Crippen molar-refractivity contribution in [1.82, 2.24) is 5.32 Å². The monoisotopic (exact) mass is 403 g/mol. The number of nitrogens with one attached hydrogen (secondary N) is 1. The van der Waals surface area contributed by atoms with Crippen LogP contribution in [0.3, 0.4) is 0 Å². The van der Waals surface area contributed by atoms with Gasteiger partial charge in [-0.25, -0.2) is 14.1 Å². The zero-order chi connectivity index (χ0) is 18.0. The highest BCUT2D eigenvalue weighted by atomic mass is 79.9. The van der Waals surface area contributed by atoms with Gasteiger partial charge >= 0.3 is 6.03 Å². The lowest BCUT2D eigenvalue weighted by molar-refractivity contribution is -0.131. The van der Waals surface area contributed by atoms with Crippen molar-refractivity contribution in [3.05, 3.63) is 58.8 Å². The lowest BCUT2D eigenvalue weighted by Gasteiger charge is -2.28. The molecule has 0 saturated carbocycles. The van der Waals surface area contributed by atoms with Crippen molar-refractivity contribution in [2.75, 3.05) is 4.90 Å². The lowest BCUT2D eigenvalue weighted by Crippen LogP contribution is -2.58. The molecule has 1 fully saturated rings. The summed E-state index contributed by atoms with van der Waals surface area (Å²) in [6.07, 6.45) is 1.14. The van der Waals surface area contributed by atoms with Crippen LogP contribution in [0.5, 0.6) is 0 Å². The molecule has 1 aliphatic rings. The highest BCUT2D eigenvalue weighted by molar-refractivity contribution is 9.10. The SMILES string of the molecule is O=C1NC(=O)N(c2ccccc2F)C(=O)[C@@H]1C=Nc1ccccc1Br. The van der Waals surface area contributed by atoms with Crippen molar-refractivity contribution in [2.24, 2.45) is 10.9 Å². The average Bonchev–Trinajstić information content (AvgIpc) is 2.57. The van der Waals surface area contributed by atoms with Gasteiger partial charge in [-0.3, -0.25) is 19.9 Å². The summed E-state index contributed by atoms with van der Waals surface area (Å²) in [6, 6.07) is 11.3. The predicted octanol–water partition coefficient (Wildman–Crippen LogP) is 3.19. The summed E-state index contributed by atoms with van der Waals surface area (Å²) in [7, 11) is 0. The van der Waals surface area contributed by atoms with Gasteiger partial charge in [0, 0.05) is 10.7 Å². The van der Waals surface area contributed by atoms with Gasteiger partial charge in [-0.15, -0.1) is 0 Å². The first-order valence-electron chi connectivity index (χ1n) is 7.21. The molecule has 2 aromatic carbocycles. The Kier molecular flexibility index (Phi) is 4.71. The van der Waals surface area contributed by atoms with E-state index in [2.05, 4.69) is 20.9 Å². The molecule has 0 bridgehead atoms. The Labute approximate surface area is 150 Å². The van der Waals surface area contributed by atoms with Gasteiger partial charge in [0.05, 0.1) is 11.4 Å². The molecule has 1 saturated heterocycles. The number of halogens is 2. The van der Waals surface area contributed by atoms with Gasteiger partial charge in [-0.2, -0.15) is 0 Å². The topological polar surface area (TPSA) is 78.8 Å². The summed E-state index contributed by atoms with van der Waals surface area (Å²) in [5.74, 6) is -3.76. The van der Waals surface area contributed by atoms with E-state index in [-0.39, 0.29) is 5.69 Å². The fraction of sp³-hybridized carbons (Fsp3) is 0.0588. The number of hydrogen-bond donors (Lipinski definition) is 1. The third-order valence-electron chi connectivity index (χ3n) is 3.51. The Morgan fingerprint density at radius 2 is 1.76 bits per heavy atom. The first-order valence-corrected chi connectivity index (χ1v) is 8.00. The number of amides is 4. The van der Waals surface area contributed by atoms with Gasteiger partial charge in [0.15, 0.2) is 5.92 Å². The van der Waals surface area contributed by atoms with Crippen molar-refractivity contribution in [2.45, 2.75) is 0 Å². The third-order valence-corrected chi connectivity index (χ3v) is 4.18. The summed E-state index contributed by atoms with van der Waals surface area (Å²) >= 11 is 3.31. The summed E-state index contributed by atoms with van der Waals surface area (Å²) in [4.78, 5) is 41.3. The smallest absolute Gasteiger partial charge is 0.276 e. The maximum Gasteiger partial charge on any atom is 0.335 e. The predicted molar refractivity (Wildman–Crippen MR) is 93.2 cm³/mol. The molecule has 4 amide bonds. The van der Waals surface area contributed by atoms with Crippen LogP contribution in [0.2, 0.25) is 0 Å². The summed E-state index contributed by atoms with van der Waals surface area (Å²) in [5.41, 5.74) is 0.286. The minimum absolute atomic E-state index is 0.225. The van der Waals surface area contributed by atoms with Gasteiger partial charge < -0.3 is 0 Å². The quantitative estimate of drug-likeness (QED) is 0.631. The van der Waals surface area contributed by atoms with Crippen molar-refractivity contribution < 1.29 is 18.8 Å². The molecular weight excluding hydrogens is 393 g/mol. The number of hydrogen-bond acceptors (Lipinski definition) is 4. The Hall–Kier alpha value is -2.87. The first kappa shape index (κ1) is 17.0. The summed E-state index contributed by atoms with van der Waals surface area (Å²) in [6.45, 7) is 0. The second-order valence-corrected chi connectivity index (χ2v) is 5.98. The van der Waals surface area contributed by atoms with Crippen LogP contribution in [0.25, 0.3) is 0 Å². The van der Waals surface area contributed by atoms with Crippen LogP contribution < -0.4 is 10.2 Å². The van der Waals surface area contributed by atoms with E-state index in [0.717, 1.165) is 12.3 Å². The number of carbonyl (C=O) groups excluding carboxylic acids is 3. The van der Waals surface area contributed by atoms with E-state index in [1.165, 1.54) is 18.2 Å². The van der Waals surface area contributed by atoms with Gasteiger partial charge in [0.25, 0.3) is 5.91 Å². The molecule has 0 aromatic heterocycles. The molecule has 8 heteroatoms. The molecule has 2 aromatic rings. The van der Waals surface area contributed by atoms with Crippen LogP contribution in [0.1, 0.15) is 0 Å². The molecule has 0 aliphatic carbocycles. The summed E-state index contributed by atoms with van der Waals surface area (Å²) < 4.78 is 14.6. The van der Waals surface area contributed by atoms with Gasteiger partial charge in [-0.1, -0.05) is 24.3 Å². The third kappa shape index (κ3) is 3.34. The van der Waals surface area contributed by atoms with E-state index in [9.17, 15) is 18.8 Å². The molecule has 126 valence electrons. The number of imide groups is 2. The van der Waals surface area contributed by atoms with Gasteiger partial charge in [-0.05, 0) is 40.2 Å². The van der Waals surface area contributed by atoms with Crippen molar-refractivity contribution >= 4 is 51.4 Å². The van der Waals surface area contributed by atoms with E-state index >= 15 is 0 Å². The van der Waals surface area contributed by atoms with Crippen molar-refractivity contribution in [1.29, 1.82) is 0 Å². The molecule has 6 nitrogen and oxygen atoms in total. The molecule has 25 heavy (non-hydrogen) atoms. The second-order valence-electron chi connectivity index (χ2n) is 5.13. The van der Waals surface area contributed by atoms with Crippen LogP contribution in [0.4, 0.5) is 20.6 Å². The Balaban J connectivity index is 1.94. The summed E-state index contributed by atoms with van der Waals surface area (Å²) in [5, 5.41) is 2.04. The Morgan fingerprint density at radius 1 is 1.08 bits per heavy atom. The Bertz CT molecular complexity index is 900. The molecule has 0 spiro atoms. The zero-order valence-corrected chi connectivity index (χ0v) is 14.2. The molecule has 0 radical (unpaired) electrons. The fourth-order valence-electron chi connectivity index (χ4n) is 2.29. The van der Waals surface area contributed by atoms with Gasteiger partial charge in [0.2, 0.25) is 5.91 Å². The minimum atomic E-state index is -1.34. The van der Waals surface area contributed by atoms with E-state index in [1.807, 2.05) is 5.32 Å². The van der Waals surface area contributed by atoms with E-state index < -0.39 is 29.6 Å². The largest absolute Gasteiger partial charge is 0.335 e. The number of carbonyl (C=O) groups is 3. The molecule has 1 N–H and O–H groups in total. The number of para-hydroxylation sites is 2. The number of barbiturate groups is 1. The van der Waals surface area contributed by atoms with E-state index in [1.54, 1.807) is 24.3 Å². The van der Waals surface area contributed by atoms with Crippen molar-refractivity contribution in [3.63, 3.8) is 0 Å². The average molecular weight is 404 g/mol. The first-order chi connectivity index (χ1) is 12.0. The number of urea groups is 1. The maximum atomic E-state index is 14.0. The molecule has 1 aliphatic heterocycles. The Morgan fingerprint density at radius 3 is 2.48 bits per heavy atom. The van der Waals surface area contributed by atoms with Crippen LogP contribution in [0.15, 0.2) is 58.0 Å². The fourth-order valence-corrected chi connectivity index (χ4v) is 2.68. The zero-order valence-electron chi connectivity index (χ0n) is 12.6. The van der Waals surface area contributed by atoms with Crippen LogP contribution >= 0.6 is 15.9 Å². The minimum Gasteiger partial charge on any atom is -0.276 e. The van der Waals surface area contributed by atoms with Crippen LogP contribution in [0, 0.1) is 11.7 Å². The molecule has 0 unspecified atom stereocenters. The van der Waals surface area contributed by atoms with Crippen molar-refractivity contribution in [3.8, 4) is 0 Å². The number of benzene rings is 2.